The highest BCUT2D eigenvalue weighted by Crippen LogP contribution is 2.32. The second-order valence-electron chi connectivity index (χ2n) is 3.70. The lowest BCUT2D eigenvalue weighted by Crippen LogP contribution is -2.17. The van der Waals surface area contributed by atoms with Crippen LogP contribution in [0.5, 0.6) is 5.75 Å². The van der Waals surface area contributed by atoms with Crippen LogP contribution in [0.4, 0.5) is 0 Å². The molecule has 88 valence electrons. The number of aliphatic carboxylic acids is 1. The molecule has 0 aliphatic carbocycles. The van der Waals surface area contributed by atoms with Crippen molar-refractivity contribution < 1.29 is 15.0 Å². The molecular weight excluding hydrogens is 274 g/mol. The molecular formula is C11H14BrNO3. The van der Waals surface area contributed by atoms with Gasteiger partial charge in [0.05, 0.1) is 6.42 Å². The first-order valence-electron chi connectivity index (χ1n) is 4.86. The molecule has 5 heteroatoms. The second kappa shape index (κ2) is 5.32. The molecule has 0 saturated heterocycles. The van der Waals surface area contributed by atoms with E-state index in [9.17, 15) is 9.90 Å². The Balaban J connectivity index is 3.13. The second-order valence-corrected chi connectivity index (χ2v) is 4.49. The number of nitrogens with two attached hydrogens (primary N) is 1. The van der Waals surface area contributed by atoms with Gasteiger partial charge in [0, 0.05) is 10.4 Å². The van der Waals surface area contributed by atoms with Crippen LogP contribution in [-0.2, 0) is 4.79 Å². The van der Waals surface area contributed by atoms with Crippen molar-refractivity contribution in [2.75, 3.05) is 6.54 Å². The molecule has 1 unspecified atom stereocenters. The smallest absolute Gasteiger partial charge is 0.304 e. The van der Waals surface area contributed by atoms with Gasteiger partial charge in [0.15, 0.2) is 0 Å². The zero-order valence-electron chi connectivity index (χ0n) is 8.90. The highest BCUT2D eigenvalue weighted by Gasteiger charge is 2.18. The summed E-state index contributed by atoms with van der Waals surface area (Å²) in [7, 11) is 0. The van der Waals surface area contributed by atoms with Crippen molar-refractivity contribution in [2.24, 2.45) is 5.73 Å². The minimum absolute atomic E-state index is 0.0437. The minimum Gasteiger partial charge on any atom is -0.508 e. The third-order valence-electron chi connectivity index (χ3n) is 2.41. The Bertz CT molecular complexity index is 406. The summed E-state index contributed by atoms with van der Waals surface area (Å²) in [6.45, 7) is 2.06. The standard InChI is InChI=1S/C11H14BrNO3/c1-6-2-8(14)4-9(11(6)12)7(5-13)3-10(15)16/h2,4,7,14H,3,5,13H2,1H3,(H,15,16). The Morgan fingerprint density at radius 3 is 2.69 bits per heavy atom. The first-order chi connectivity index (χ1) is 7.45. The number of phenols is 1. The fourth-order valence-electron chi connectivity index (χ4n) is 1.61. The zero-order chi connectivity index (χ0) is 12.3. The van der Waals surface area contributed by atoms with E-state index < -0.39 is 5.97 Å². The third-order valence-corrected chi connectivity index (χ3v) is 3.50. The molecule has 0 aromatic heterocycles. The number of carboxylic acids is 1. The van der Waals surface area contributed by atoms with Gasteiger partial charge in [-0.15, -0.1) is 0 Å². The molecule has 16 heavy (non-hydrogen) atoms. The number of halogens is 1. The Hall–Kier alpha value is -1.07. The molecule has 1 atom stereocenters. The van der Waals surface area contributed by atoms with Crippen LogP contribution in [0.1, 0.15) is 23.5 Å². The van der Waals surface area contributed by atoms with Gasteiger partial charge in [0.25, 0.3) is 0 Å². The summed E-state index contributed by atoms with van der Waals surface area (Å²) in [5.41, 5.74) is 7.15. The van der Waals surface area contributed by atoms with Gasteiger partial charge in [-0.3, -0.25) is 4.79 Å². The average molecular weight is 288 g/mol. The van der Waals surface area contributed by atoms with E-state index in [2.05, 4.69) is 15.9 Å². The molecule has 1 aromatic carbocycles. The van der Waals surface area contributed by atoms with Crippen LogP contribution in [0.25, 0.3) is 0 Å². The lowest BCUT2D eigenvalue weighted by atomic mass is 9.94. The number of rotatable bonds is 4. The maximum atomic E-state index is 10.7. The van der Waals surface area contributed by atoms with Gasteiger partial charge >= 0.3 is 5.97 Å². The number of carbonyl (C=O) groups is 1. The van der Waals surface area contributed by atoms with Crippen LogP contribution in [0, 0.1) is 6.92 Å². The van der Waals surface area contributed by atoms with Gasteiger partial charge in [0.2, 0.25) is 0 Å². The van der Waals surface area contributed by atoms with E-state index in [0.29, 0.717) is 0 Å². The Labute approximate surface area is 102 Å². The molecule has 0 heterocycles. The van der Waals surface area contributed by atoms with Crippen molar-refractivity contribution in [3.8, 4) is 5.75 Å². The maximum absolute atomic E-state index is 10.7. The number of hydrogen-bond donors (Lipinski definition) is 3. The van der Waals surface area contributed by atoms with Crippen molar-refractivity contribution >= 4 is 21.9 Å². The van der Waals surface area contributed by atoms with Gasteiger partial charge in [-0.2, -0.15) is 0 Å². The number of aromatic hydroxyl groups is 1. The molecule has 0 fully saturated rings. The van der Waals surface area contributed by atoms with Gasteiger partial charge in [-0.1, -0.05) is 15.9 Å². The predicted octanol–water partition coefficient (Wildman–Crippen LogP) is 1.98. The van der Waals surface area contributed by atoms with Gasteiger partial charge in [-0.05, 0) is 36.7 Å². The van der Waals surface area contributed by atoms with Crippen molar-refractivity contribution in [2.45, 2.75) is 19.3 Å². The summed E-state index contributed by atoms with van der Waals surface area (Å²) in [5, 5.41) is 18.3. The molecule has 0 amide bonds. The van der Waals surface area contributed by atoms with Gasteiger partial charge in [-0.25, -0.2) is 0 Å². The van der Waals surface area contributed by atoms with E-state index in [4.69, 9.17) is 10.8 Å². The summed E-state index contributed by atoms with van der Waals surface area (Å²) in [6.07, 6.45) is -0.0437. The predicted molar refractivity (Wildman–Crippen MR) is 64.6 cm³/mol. The van der Waals surface area contributed by atoms with Crippen LogP contribution in [0.15, 0.2) is 16.6 Å². The quantitative estimate of drug-likeness (QED) is 0.791. The molecule has 4 nitrogen and oxygen atoms in total. The summed E-state index contributed by atoms with van der Waals surface area (Å²) < 4.78 is 0.807. The summed E-state index contributed by atoms with van der Waals surface area (Å²) in [6, 6.07) is 3.17. The summed E-state index contributed by atoms with van der Waals surface area (Å²) in [5.74, 6) is -1.07. The van der Waals surface area contributed by atoms with E-state index in [-0.39, 0.29) is 24.6 Å². The maximum Gasteiger partial charge on any atom is 0.304 e. The van der Waals surface area contributed by atoms with E-state index in [1.54, 1.807) is 12.1 Å². The number of hydrogen-bond acceptors (Lipinski definition) is 3. The molecule has 0 aliphatic heterocycles. The van der Waals surface area contributed by atoms with Crippen LogP contribution in [0.2, 0.25) is 0 Å². The fraction of sp³-hybridized carbons (Fsp3) is 0.364. The number of carboxylic acid groups (broad SMARTS) is 1. The van der Waals surface area contributed by atoms with Crippen LogP contribution >= 0.6 is 15.9 Å². The number of benzene rings is 1. The number of aryl methyl sites for hydroxylation is 1. The molecule has 0 radical (unpaired) electrons. The highest BCUT2D eigenvalue weighted by atomic mass is 79.9. The Kier molecular flexibility index (Phi) is 4.32. The third kappa shape index (κ3) is 2.96. The average Bonchev–Trinajstić information content (AvgIpc) is 2.20. The lowest BCUT2D eigenvalue weighted by Gasteiger charge is -2.16. The number of phenolic OH excluding ortho intramolecular Hbond substituents is 1. The fourth-order valence-corrected chi connectivity index (χ4v) is 2.16. The first kappa shape index (κ1) is 13.0. The summed E-state index contributed by atoms with van der Waals surface area (Å²) >= 11 is 3.39. The van der Waals surface area contributed by atoms with E-state index >= 15 is 0 Å². The largest absolute Gasteiger partial charge is 0.508 e. The molecule has 0 aliphatic rings. The van der Waals surface area contributed by atoms with Gasteiger partial charge < -0.3 is 15.9 Å². The van der Waals surface area contributed by atoms with E-state index in [1.807, 2.05) is 6.92 Å². The van der Waals surface area contributed by atoms with Crippen LogP contribution < -0.4 is 5.73 Å². The molecule has 0 spiro atoms. The van der Waals surface area contributed by atoms with Gasteiger partial charge in [0.1, 0.15) is 5.75 Å². The van der Waals surface area contributed by atoms with Crippen molar-refractivity contribution in [1.29, 1.82) is 0 Å². The van der Waals surface area contributed by atoms with Crippen LogP contribution in [0.3, 0.4) is 0 Å². The molecule has 1 aromatic rings. The lowest BCUT2D eigenvalue weighted by molar-refractivity contribution is -0.137. The molecule has 1 rings (SSSR count). The molecule has 4 N–H and O–H groups in total. The first-order valence-corrected chi connectivity index (χ1v) is 5.65. The van der Waals surface area contributed by atoms with E-state index in [1.165, 1.54) is 0 Å². The highest BCUT2D eigenvalue weighted by molar-refractivity contribution is 9.10. The molecule has 0 saturated carbocycles. The van der Waals surface area contributed by atoms with Crippen molar-refractivity contribution in [3.63, 3.8) is 0 Å². The summed E-state index contributed by atoms with van der Waals surface area (Å²) in [4.78, 5) is 10.7. The topological polar surface area (TPSA) is 83.5 Å². The monoisotopic (exact) mass is 287 g/mol. The Morgan fingerprint density at radius 1 is 1.56 bits per heavy atom. The zero-order valence-corrected chi connectivity index (χ0v) is 10.5. The van der Waals surface area contributed by atoms with Crippen molar-refractivity contribution in [3.05, 3.63) is 27.7 Å². The molecule has 0 bridgehead atoms. The van der Waals surface area contributed by atoms with E-state index in [0.717, 1.165) is 15.6 Å². The SMILES string of the molecule is Cc1cc(O)cc(C(CN)CC(=O)O)c1Br. The Morgan fingerprint density at radius 2 is 2.19 bits per heavy atom. The normalized spacial score (nSPS) is 12.4. The minimum atomic E-state index is -0.900. The van der Waals surface area contributed by atoms with Crippen LogP contribution in [-0.4, -0.2) is 22.7 Å². The van der Waals surface area contributed by atoms with Crippen molar-refractivity contribution in [1.82, 2.24) is 0 Å².